The van der Waals surface area contributed by atoms with Crippen LogP contribution in [0, 0.1) is 0 Å². The van der Waals surface area contributed by atoms with E-state index in [2.05, 4.69) is 5.32 Å². The number of hydrogen-bond donors (Lipinski definition) is 1. The summed E-state index contributed by atoms with van der Waals surface area (Å²) in [6.07, 6.45) is -4.64. The molecule has 0 unspecified atom stereocenters. The number of nitrogens with zero attached hydrogens (tertiary/aromatic N) is 2. The zero-order valence-corrected chi connectivity index (χ0v) is 16.8. The molecule has 10 heteroatoms. The van der Waals surface area contributed by atoms with E-state index in [0.717, 1.165) is 6.07 Å². The van der Waals surface area contributed by atoms with Gasteiger partial charge in [-0.05, 0) is 18.6 Å². The molecule has 1 atom stereocenters. The Morgan fingerprint density at radius 3 is 2.57 bits per heavy atom. The molecule has 1 N–H and O–H groups in total. The summed E-state index contributed by atoms with van der Waals surface area (Å²) in [5.41, 5.74) is -0.787. The van der Waals surface area contributed by atoms with Crippen molar-refractivity contribution in [1.82, 2.24) is 15.1 Å². The van der Waals surface area contributed by atoms with Crippen LogP contribution in [0.3, 0.4) is 0 Å². The maximum atomic E-state index is 13.6. The van der Waals surface area contributed by atoms with Gasteiger partial charge in [-0.25, -0.2) is 9.59 Å². The van der Waals surface area contributed by atoms with Gasteiger partial charge in [0.1, 0.15) is 0 Å². The molecule has 0 bridgehead atoms. The minimum atomic E-state index is -4.64. The zero-order chi connectivity index (χ0) is 21.9. The van der Waals surface area contributed by atoms with Crippen LogP contribution in [0.1, 0.15) is 24.1 Å². The van der Waals surface area contributed by atoms with E-state index in [1.807, 2.05) is 4.90 Å². The molecule has 164 valence electrons. The molecule has 1 aromatic carbocycles. The lowest BCUT2D eigenvalue weighted by Crippen LogP contribution is -2.50. The predicted octanol–water partition coefficient (Wildman–Crippen LogP) is 2.55. The van der Waals surface area contributed by atoms with E-state index in [4.69, 9.17) is 9.47 Å². The van der Waals surface area contributed by atoms with Crippen LogP contribution in [0.25, 0.3) is 0 Å². The van der Waals surface area contributed by atoms with Crippen LogP contribution in [-0.4, -0.2) is 68.3 Å². The number of rotatable bonds is 5. The summed E-state index contributed by atoms with van der Waals surface area (Å²) in [7, 11) is 1.48. The van der Waals surface area contributed by atoms with Gasteiger partial charge in [0.05, 0.1) is 37.0 Å². The molecule has 2 aliphatic heterocycles. The van der Waals surface area contributed by atoms with Gasteiger partial charge in [0, 0.05) is 32.4 Å². The Bertz CT molecular complexity index is 835. The van der Waals surface area contributed by atoms with Crippen molar-refractivity contribution < 1.29 is 32.2 Å². The lowest BCUT2D eigenvalue weighted by molar-refractivity contribution is -0.141. The molecule has 2 aliphatic rings. The number of hydrogen-bond acceptors (Lipinski definition) is 5. The molecule has 2 heterocycles. The number of alkyl halides is 3. The molecule has 0 radical (unpaired) electrons. The molecular weight excluding hydrogens is 403 g/mol. The first kappa shape index (κ1) is 22.1. The van der Waals surface area contributed by atoms with Crippen molar-refractivity contribution >= 4 is 12.0 Å². The first-order valence-electron chi connectivity index (χ1n) is 9.64. The van der Waals surface area contributed by atoms with E-state index >= 15 is 0 Å². The number of esters is 1. The van der Waals surface area contributed by atoms with Gasteiger partial charge >= 0.3 is 18.2 Å². The summed E-state index contributed by atoms with van der Waals surface area (Å²) in [6, 6.07) is 3.05. The topological polar surface area (TPSA) is 71.1 Å². The molecule has 2 amide bonds. The summed E-state index contributed by atoms with van der Waals surface area (Å²) in [5.74, 6) is -0.755. The Hall–Kier alpha value is -2.59. The van der Waals surface area contributed by atoms with Crippen molar-refractivity contribution in [2.75, 3.05) is 46.5 Å². The molecule has 30 heavy (non-hydrogen) atoms. The Balaban J connectivity index is 2.13. The van der Waals surface area contributed by atoms with E-state index < -0.39 is 29.8 Å². The second kappa shape index (κ2) is 9.05. The molecule has 1 aromatic rings. The maximum absolute atomic E-state index is 13.6. The highest BCUT2D eigenvalue weighted by Gasteiger charge is 2.42. The van der Waals surface area contributed by atoms with E-state index in [0.29, 0.717) is 32.0 Å². The van der Waals surface area contributed by atoms with Crippen molar-refractivity contribution in [3.05, 3.63) is 46.7 Å². The third-order valence-electron chi connectivity index (χ3n) is 5.13. The zero-order valence-electron chi connectivity index (χ0n) is 16.8. The Morgan fingerprint density at radius 2 is 1.93 bits per heavy atom. The largest absolute Gasteiger partial charge is 0.463 e. The molecule has 0 aliphatic carbocycles. The highest BCUT2D eigenvalue weighted by atomic mass is 19.4. The Kier molecular flexibility index (Phi) is 6.67. The van der Waals surface area contributed by atoms with Crippen LogP contribution in [0.4, 0.5) is 18.0 Å². The van der Waals surface area contributed by atoms with Crippen molar-refractivity contribution in [3.63, 3.8) is 0 Å². The van der Waals surface area contributed by atoms with Gasteiger partial charge in [-0.2, -0.15) is 13.2 Å². The van der Waals surface area contributed by atoms with Crippen molar-refractivity contribution in [1.29, 1.82) is 0 Å². The first-order chi connectivity index (χ1) is 14.2. The van der Waals surface area contributed by atoms with Gasteiger partial charge in [0.15, 0.2) is 0 Å². The Morgan fingerprint density at radius 1 is 1.27 bits per heavy atom. The smallest absolute Gasteiger partial charge is 0.416 e. The van der Waals surface area contributed by atoms with Crippen molar-refractivity contribution in [2.24, 2.45) is 0 Å². The second-order valence-corrected chi connectivity index (χ2v) is 7.00. The molecule has 0 aromatic heterocycles. The fourth-order valence-electron chi connectivity index (χ4n) is 3.61. The average molecular weight is 427 g/mol. The van der Waals surface area contributed by atoms with Gasteiger partial charge in [0.25, 0.3) is 0 Å². The van der Waals surface area contributed by atoms with E-state index in [9.17, 15) is 22.8 Å². The highest BCUT2D eigenvalue weighted by molar-refractivity contribution is 5.95. The molecule has 1 fully saturated rings. The third-order valence-corrected chi connectivity index (χ3v) is 5.13. The quantitative estimate of drug-likeness (QED) is 0.732. The summed E-state index contributed by atoms with van der Waals surface area (Å²) < 4.78 is 51.4. The molecule has 0 saturated carbocycles. The van der Waals surface area contributed by atoms with Crippen LogP contribution >= 0.6 is 0 Å². The van der Waals surface area contributed by atoms with Crippen molar-refractivity contribution in [3.8, 4) is 0 Å². The van der Waals surface area contributed by atoms with Crippen LogP contribution in [-0.2, 0) is 20.4 Å². The van der Waals surface area contributed by atoms with Crippen molar-refractivity contribution in [2.45, 2.75) is 19.1 Å². The van der Waals surface area contributed by atoms with Gasteiger partial charge in [-0.1, -0.05) is 18.2 Å². The van der Waals surface area contributed by atoms with E-state index in [1.54, 1.807) is 6.92 Å². The van der Waals surface area contributed by atoms with Crippen LogP contribution in [0.2, 0.25) is 0 Å². The second-order valence-electron chi connectivity index (χ2n) is 7.00. The maximum Gasteiger partial charge on any atom is 0.416 e. The lowest BCUT2D eigenvalue weighted by Gasteiger charge is -2.38. The summed E-state index contributed by atoms with van der Waals surface area (Å²) in [6.45, 7) is 4.04. The van der Waals surface area contributed by atoms with Crippen LogP contribution < -0.4 is 5.32 Å². The number of halogens is 3. The van der Waals surface area contributed by atoms with E-state index in [1.165, 1.54) is 30.1 Å². The van der Waals surface area contributed by atoms with Gasteiger partial charge < -0.3 is 14.8 Å². The molecule has 3 rings (SSSR count). The SMILES string of the molecule is CCOC(=O)C1=C(CN2CCOCC2)N(C)C(=O)N[C@H]1c1ccccc1C(F)(F)F. The summed E-state index contributed by atoms with van der Waals surface area (Å²) in [4.78, 5) is 28.7. The lowest BCUT2D eigenvalue weighted by atomic mass is 9.90. The fourth-order valence-corrected chi connectivity index (χ4v) is 3.61. The average Bonchev–Trinajstić information content (AvgIpc) is 2.71. The minimum absolute atomic E-state index is 0.00198. The van der Waals surface area contributed by atoms with Gasteiger partial charge in [-0.15, -0.1) is 0 Å². The number of carbonyl (C=O) groups is 2. The molecular formula is C20H24F3N3O4. The van der Waals surface area contributed by atoms with Gasteiger partial charge in [0.2, 0.25) is 0 Å². The monoisotopic (exact) mass is 427 g/mol. The molecule has 0 spiro atoms. The highest BCUT2D eigenvalue weighted by Crippen LogP contribution is 2.39. The fraction of sp³-hybridized carbons (Fsp3) is 0.500. The number of amides is 2. The summed E-state index contributed by atoms with van der Waals surface area (Å²) >= 11 is 0. The van der Waals surface area contributed by atoms with E-state index in [-0.39, 0.29) is 24.3 Å². The number of morpholine rings is 1. The van der Waals surface area contributed by atoms with Crippen LogP contribution in [0.5, 0.6) is 0 Å². The number of benzene rings is 1. The van der Waals surface area contributed by atoms with Gasteiger partial charge in [-0.3, -0.25) is 9.80 Å². The number of likely N-dealkylation sites (N-methyl/N-ethyl adjacent to an activating group) is 1. The summed E-state index contributed by atoms with van der Waals surface area (Å²) in [5, 5.41) is 2.54. The standard InChI is InChI=1S/C20H24F3N3O4/c1-3-30-18(27)16-15(12-26-8-10-29-11-9-26)25(2)19(28)24-17(16)13-6-4-5-7-14(13)20(21,22)23/h4-7,17H,3,8-12H2,1-2H3,(H,24,28)/t17-/m0/s1. The number of nitrogens with one attached hydrogen (secondary N) is 1. The number of urea groups is 1. The number of carbonyl (C=O) groups excluding carboxylic acids is 2. The third kappa shape index (κ3) is 4.59. The number of ether oxygens (including phenoxy) is 2. The Labute approximate surface area is 172 Å². The first-order valence-corrected chi connectivity index (χ1v) is 9.64. The normalized spacial score (nSPS) is 20.9. The molecule has 1 saturated heterocycles. The predicted molar refractivity (Wildman–Crippen MR) is 101 cm³/mol. The minimum Gasteiger partial charge on any atom is -0.463 e. The molecule has 7 nitrogen and oxygen atoms in total. The van der Waals surface area contributed by atoms with Crippen LogP contribution in [0.15, 0.2) is 35.5 Å².